The molecule has 4 rings (SSSR count). The van der Waals surface area contributed by atoms with E-state index >= 15 is 0 Å². The molecule has 0 radical (unpaired) electrons. The lowest BCUT2D eigenvalue weighted by atomic mass is 9.87. The summed E-state index contributed by atoms with van der Waals surface area (Å²) in [4.78, 5) is 15.1. The van der Waals surface area contributed by atoms with Crippen LogP contribution in [0, 0.1) is 0 Å². The van der Waals surface area contributed by atoms with Gasteiger partial charge < -0.3 is 14.2 Å². The van der Waals surface area contributed by atoms with Crippen molar-refractivity contribution in [2.24, 2.45) is 0 Å². The van der Waals surface area contributed by atoms with Crippen LogP contribution < -0.4 is 19.1 Å². The van der Waals surface area contributed by atoms with E-state index in [1.165, 1.54) is 22.2 Å². The highest BCUT2D eigenvalue weighted by Gasteiger charge is 2.33. The first-order chi connectivity index (χ1) is 18.2. The first-order valence-electron chi connectivity index (χ1n) is 12.3. The van der Waals surface area contributed by atoms with E-state index in [1.807, 2.05) is 43.3 Å². The van der Waals surface area contributed by atoms with Gasteiger partial charge in [-0.2, -0.15) is 0 Å². The van der Waals surface area contributed by atoms with E-state index in [0.717, 1.165) is 11.3 Å². The normalized spacial score (nSPS) is 14.8. The number of benzene rings is 3. The Morgan fingerprint density at radius 1 is 0.921 bits per heavy atom. The topological polar surface area (TPSA) is 48.0 Å². The summed E-state index contributed by atoms with van der Waals surface area (Å²) in [5.41, 5.74) is 2.86. The average molecular weight is 568 g/mol. The number of nitrogens with zero attached hydrogens (tertiary/aromatic N) is 1. The molecule has 1 fully saturated rings. The summed E-state index contributed by atoms with van der Waals surface area (Å²) < 4.78 is 18.1. The molecule has 0 bridgehead atoms. The van der Waals surface area contributed by atoms with Gasteiger partial charge in [-0.05, 0) is 78.1 Å². The molecule has 1 heterocycles. The molecule has 198 valence electrons. The molecule has 8 heteroatoms. The first kappa shape index (κ1) is 28.0. The number of hydrogen-bond donors (Lipinski definition) is 0. The number of thioether (sulfide) groups is 1. The van der Waals surface area contributed by atoms with Gasteiger partial charge in [0, 0.05) is 5.02 Å². The second kappa shape index (κ2) is 12.2. The number of thiocarbonyl (C=S) groups is 1. The number of ether oxygens (including phenoxy) is 3. The van der Waals surface area contributed by atoms with Crippen molar-refractivity contribution >= 4 is 57.6 Å². The number of rotatable bonds is 9. The van der Waals surface area contributed by atoms with E-state index in [1.54, 1.807) is 24.3 Å². The molecule has 0 unspecified atom stereocenters. The van der Waals surface area contributed by atoms with E-state index in [9.17, 15) is 4.79 Å². The van der Waals surface area contributed by atoms with E-state index in [2.05, 4.69) is 32.9 Å². The monoisotopic (exact) mass is 567 g/mol. The summed E-state index contributed by atoms with van der Waals surface area (Å²) in [6, 6.07) is 20.8. The number of hydrogen-bond acceptors (Lipinski definition) is 6. The summed E-state index contributed by atoms with van der Waals surface area (Å²) in [6.45, 7) is 9.71. The van der Waals surface area contributed by atoms with Crippen LogP contribution in [-0.4, -0.2) is 30.0 Å². The van der Waals surface area contributed by atoms with Crippen LogP contribution in [-0.2, 0) is 10.2 Å². The Kier molecular flexibility index (Phi) is 9.03. The Morgan fingerprint density at radius 2 is 1.61 bits per heavy atom. The fourth-order valence-corrected chi connectivity index (χ4v) is 5.22. The second-order valence-corrected chi connectivity index (χ2v) is 11.7. The third-order valence-electron chi connectivity index (χ3n) is 5.77. The molecule has 0 spiro atoms. The van der Waals surface area contributed by atoms with E-state index in [0.29, 0.717) is 51.3 Å². The fraction of sp³-hybridized carbons (Fsp3) is 0.267. The summed E-state index contributed by atoms with van der Waals surface area (Å²) in [6.07, 6.45) is 1.81. The van der Waals surface area contributed by atoms with Crippen molar-refractivity contribution in [1.29, 1.82) is 0 Å². The summed E-state index contributed by atoms with van der Waals surface area (Å²) in [5.74, 6) is 1.85. The molecular formula is C30H30ClNO4S2. The molecule has 1 aliphatic rings. The van der Waals surface area contributed by atoms with Crippen LogP contribution in [0.15, 0.2) is 71.6 Å². The van der Waals surface area contributed by atoms with Crippen LogP contribution >= 0.6 is 35.6 Å². The number of halogens is 1. The van der Waals surface area contributed by atoms with Crippen molar-refractivity contribution in [2.45, 2.75) is 33.1 Å². The van der Waals surface area contributed by atoms with Crippen molar-refractivity contribution < 1.29 is 19.0 Å². The summed E-state index contributed by atoms with van der Waals surface area (Å²) >= 11 is 12.7. The highest BCUT2D eigenvalue weighted by atomic mass is 35.5. The van der Waals surface area contributed by atoms with Crippen molar-refractivity contribution in [3.63, 3.8) is 0 Å². The molecule has 1 saturated heterocycles. The van der Waals surface area contributed by atoms with Crippen LogP contribution in [0.4, 0.5) is 5.69 Å². The maximum atomic E-state index is 13.1. The quantitative estimate of drug-likeness (QED) is 0.149. The molecular weight excluding hydrogens is 538 g/mol. The minimum atomic E-state index is -0.173. The van der Waals surface area contributed by atoms with Gasteiger partial charge in [0.05, 0.1) is 17.2 Å². The van der Waals surface area contributed by atoms with Gasteiger partial charge in [0.25, 0.3) is 5.91 Å². The standard InChI is InChI=1S/C30H30ClNO4S2/c1-5-34-26-18-20(19-27-28(33)32(29(37)38-27)23-11-9-22(31)10-12-23)6-15-25(26)36-17-16-35-24-13-7-21(8-14-24)30(2,3)4/h6-15,18-19H,5,16-17H2,1-4H3/b27-19+. The molecule has 3 aromatic rings. The molecule has 38 heavy (non-hydrogen) atoms. The smallest absolute Gasteiger partial charge is 0.270 e. The van der Waals surface area contributed by atoms with Crippen LogP contribution in [0.25, 0.3) is 6.08 Å². The minimum absolute atomic E-state index is 0.102. The van der Waals surface area contributed by atoms with Crippen molar-refractivity contribution in [3.8, 4) is 17.2 Å². The maximum absolute atomic E-state index is 13.1. The second-order valence-electron chi connectivity index (χ2n) is 9.60. The predicted octanol–water partition coefficient (Wildman–Crippen LogP) is 7.90. The molecule has 0 aliphatic carbocycles. The largest absolute Gasteiger partial charge is 0.490 e. The molecule has 0 N–H and O–H groups in total. The van der Waals surface area contributed by atoms with Crippen molar-refractivity contribution in [2.75, 3.05) is 24.7 Å². The Balaban J connectivity index is 1.40. The van der Waals surface area contributed by atoms with Gasteiger partial charge >= 0.3 is 0 Å². The lowest BCUT2D eigenvalue weighted by Crippen LogP contribution is -2.27. The Hall–Kier alpha value is -3.00. The molecule has 5 nitrogen and oxygen atoms in total. The van der Waals surface area contributed by atoms with Gasteiger partial charge in [-0.1, -0.05) is 74.6 Å². The van der Waals surface area contributed by atoms with E-state index in [4.69, 9.17) is 38.0 Å². The predicted molar refractivity (Wildman–Crippen MR) is 161 cm³/mol. The van der Waals surface area contributed by atoms with Gasteiger partial charge in [-0.15, -0.1) is 0 Å². The number of anilines is 1. The zero-order chi connectivity index (χ0) is 27.3. The van der Waals surface area contributed by atoms with E-state index in [-0.39, 0.29) is 11.3 Å². The molecule has 3 aromatic carbocycles. The molecule has 1 amide bonds. The van der Waals surface area contributed by atoms with Gasteiger partial charge in [-0.3, -0.25) is 9.69 Å². The Labute approximate surface area is 238 Å². The van der Waals surface area contributed by atoms with Gasteiger partial charge in [-0.25, -0.2) is 0 Å². The summed E-state index contributed by atoms with van der Waals surface area (Å²) in [7, 11) is 0. The van der Waals surface area contributed by atoms with Gasteiger partial charge in [0.15, 0.2) is 15.8 Å². The van der Waals surface area contributed by atoms with Gasteiger partial charge in [0.1, 0.15) is 19.0 Å². The number of carbonyl (C=O) groups excluding carboxylic acids is 1. The molecule has 0 atom stereocenters. The van der Waals surface area contributed by atoms with Crippen molar-refractivity contribution in [3.05, 3.63) is 87.8 Å². The number of amides is 1. The Morgan fingerprint density at radius 3 is 2.26 bits per heavy atom. The zero-order valence-electron chi connectivity index (χ0n) is 21.8. The lowest BCUT2D eigenvalue weighted by Gasteiger charge is -2.19. The Bertz CT molecular complexity index is 1330. The first-order valence-corrected chi connectivity index (χ1v) is 13.9. The van der Waals surface area contributed by atoms with Crippen LogP contribution in [0.1, 0.15) is 38.8 Å². The van der Waals surface area contributed by atoms with Crippen LogP contribution in [0.2, 0.25) is 5.02 Å². The average Bonchev–Trinajstić information content (AvgIpc) is 3.16. The van der Waals surface area contributed by atoms with Crippen LogP contribution in [0.5, 0.6) is 17.2 Å². The minimum Gasteiger partial charge on any atom is -0.490 e. The van der Waals surface area contributed by atoms with Crippen molar-refractivity contribution in [1.82, 2.24) is 0 Å². The zero-order valence-corrected chi connectivity index (χ0v) is 24.2. The maximum Gasteiger partial charge on any atom is 0.270 e. The van der Waals surface area contributed by atoms with Crippen LogP contribution in [0.3, 0.4) is 0 Å². The molecule has 0 aromatic heterocycles. The van der Waals surface area contributed by atoms with E-state index < -0.39 is 0 Å². The fourth-order valence-electron chi connectivity index (χ4n) is 3.80. The van der Waals surface area contributed by atoms with Gasteiger partial charge in [0.2, 0.25) is 0 Å². The SMILES string of the molecule is CCOc1cc(/C=C2/SC(=S)N(c3ccc(Cl)cc3)C2=O)ccc1OCCOc1ccc(C(C)(C)C)cc1. The lowest BCUT2D eigenvalue weighted by molar-refractivity contribution is -0.113. The third-order valence-corrected chi connectivity index (χ3v) is 7.33. The number of carbonyl (C=O) groups is 1. The highest BCUT2D eigenvalue weighted by molar-refractivity contribution is 8.27. The molecule has 0 saturated carbocycles. The third kappa shape index (κ3) is 6.90. The highest BCUT2D eigenvalue weighted by Crippen LogP contribution is 2.37. The summed E-state index contributed by atoms with van der Waals surface area (Å²) in [5, 5.41) is 0.599. The molecule has 1 aliphatic heterocycles.